The van der Waals surface area contributed by atoms with Crippen LogP contribution in [0.5, 0.6) is 11.6 Å². The average Bonchev–Trinajstić information content (AvgIpc) is 2.69. The highest BCUT2D eigenvalue weighted by atomic mass is 19.1. The molecule has 1 heterocycles. The van der Waals surface area contributed by atoms with E-state index in [0.29, 0.717) is 17.0 Å². The van der Waals surface area contributed by atoms with Gasteiger partial charge in [-0.3, -0.25) is 4.79 Å². The zero-order valence-corrected chi connectivity index (χ0v) is 15.5. The molecule has 0 aliphatic carbocycles. The Morgan fingerprint density at radius 1 is 1.24 bits per heavy atom. The summed E-state index contributed by atoms with van der Waals surface area (Å²) in [5, 5.41) is 6.31. The van der Waals surface area contributed by atoms with Crippen LogP contribution in [0.2, 0.25) is 0 Å². The van der Waals surface area contributed by atoms with Gasteiger partial charge in [-0.15, -0.1) is 0 Å². The molecule has 29 heavy (non-hydrogen) atoms. The van der Waals surface area contributed by atoms with Gasteiger partial charge in [0.25, 0.3) is 0 Å². The van der Waals surface area contributed by atoms with E-state index in [1.807, 2.05) is 0 Å². The molecule has 0 aliphatic heterocycles. The van der Waals surface area contributed by atoms with E-state index in [9.17, 15) is 9.18 Å². The monoisotopic (exact) mass is 395 g/mol. The topological polar surface area (TPSA) is 112 Å². The molecule has 0 fully saturated rings. The molecule has 9 heteroatoms. The summed E-state index contributed by atoms with van der Waals surface area (Å²) in [6.45, 7) is 0. The van der Waals surface area contributed by atoms with Gasteiger partial charge in [0.2, 0.25) is 11.8 Å². The summed E-state index contributed by atoms with van der Waals surface area (Å²) < 4.78 is 18.9. The first-order valence-electron chi connectivity index (χ1n) is 8.54. The Morgan fingerprint density at radius 2 is 2.03 bits per heavy atom. The number of nitrogen functional groups attached to an aromatic ring is 1. The maximum absolute atomic E-state index is 13.2. The Hall–Kier alpha value is -4.01. The van der Waals surface area contributed by atoms with Crippen LogP contribution < -0.4 is 15.8 Å². The number of halogens is 1. The molecule has 3 rings (SSSR count). The molecule has 3 N–H and O–H groups in total. The number of hydrogen-bond acceptors (Lipinski definition) is 7. The number of hydrogen-bond donors (Lipinski definition) is 2. The van der Waals surface area contributed by atoms with E-state index in [2.05, 4.69) is 25.3 Å². The van der Waals surface area contributed by atoms with Crippen LogP contribution in [0, 0.1) is 5.82 Å². The zero-order valence-electron chi connectivity index (χ0n) is 15.5. The van der Waals surface area contributed by atoms with Crippen molar-refractivity contribution in [1.29, 1.82) is 0 Å². The molecule has 0 radical (unpaired) electrons. The van der Waals surface area contributed by atoms with E-state index in [-0.39, 0.29) is 24.0 Å². The molecule has 1 aromatic heterocycles. The summed E-state index contributed by atoms with van der Waals surface area (Å²) in [7, 11) is 1.40. The fraction of sp³-hybridized carbons (Fsp3) is 0.100. The standard InChI is InChI=1S/C20H18FN5O3/c1-28-25-11-17-19(22)23-12-24-20(17)29-16-7-5-13(6-8-16)9-18(27)26-15-4-2-3-14(21)10-15/h2-8,10-12H,9H2,1H3,(H,26,27)(H2,22,23,24). The van der Waals surface area contributed by atoms with Gasteiger partial charge in [0.05, 0.1) is 12.6 Å². The molecule has 0 saturated carbocycles. The molecule has 0 aliphatic rings. The van der Waals surface area contributed by atoms with Crippen molar-refractivity contribution in [2.75, 3.05) is 18.2 Å². The number of rotatable bonds is 7. The molecule has 148 valence electrons. The number of ether oxygens (including phenoxy) is 1. The Bertz CT molecular complexity index is 1020. The molecule has 0 saturated heterocycles. The number of carbonyl (C=O) groups excluding carboxylic acids is 1. The number of oxime groups is 1. The molecule has 3 aromatic rings. The molecular formula is C20H18FN5O3. The molecule has 2 aromatic carbocycles. The maximum atomic E-state index is 13.2. The van der Waals surface area contributed by atoms with Crippen LogP contribution in [0.25, 0.3) is 0 Å². The summed E-state index contributed by atoms with van der Waals surface area (Å²) in [5.41, 5.74) is 7.37. The van der Waals surface area contributed by atoms with E-state index < -0.39 is 5.82 Å². The molecule has 0 spiro atoms. The van der Waals surface area contributed by atoms with E-state index in [1.165, 1.54) is 37.9 Å². The second-order valence-electron chi connectivity index (χ2n) is 5.88. The van der Waals surface area contributed by atoms with Crippen molar-refractivity contribution in [2.24, 2.45) is 5.16 Å². The second kappa shape index (κ2) is 9.27. The van der Waals surface area contributed by atoms with E-state index >= 15 is 0 Å². The van der Waals surface area contributed by atoms with Crippen molar-refractivity contribution in [3.05, 3.63) is 71.8 Å². The van der Waals surface area contributed by atoms with Crippen LogP contribution in [-0.2, 0) is 16.1 Å². The van der Waals surface area contributed by atoms with Crippen LogP contribution >= 0.6 is 0 Å². The van der Waals surface area contributed by atoms with Crippen LogP contribution in [0.1, 0.15) is 11.1 Å². The number of nitrogens with zero attached hydrogens (tertiary/aromatic N) is 3. The lowest BCUT2D eigenvalue weighted by molar-refractivity contribution is -0.115. The second-order valence-corrected chi connectivity index (χ2v) is 5.88. The summed E-state index contributed by atoms with van der Waals surface area (Å²) in [6, 6.07) is 12.6. The number of nitrogens with two attached hydrogens (primary N) is 1. The quantitative estimate of drug-likeness (QED) is 0.469. The molecule has 8 nitrogen and oxygen atoms in total. The predicted octanol–water partition coefficient (Wildman–Crippen LogP) is 3.15. The minimum Gasteiger partial charge on any atom is -0.438 e. The Labute approximate surface area is 166 Å². The van der Waals surface area contributed by atoms with Crippen LogP contribution in [0.15, 0.2) is 60.0 Å². The third-order valence-electron chi connectivity index (χ3n) is 3.78. The highest BCUT2D eigenvalue weighted by Crippen LogP contribution is 2.25. The van der Waals surface area contributed by atoms with Crippen molar-refractivity contribution in [3.63, 3.8) is 0 Å². The van der Waals surface area contributed by atoms with Crippen LogP contribution in [0.4, 0.5) is 15.9 Å². The van der Waals surface area contributed by atoms with E-state index in [4.69, 9.17) is 10.5 Å². The van der Waals surface area contributed by atoms with Gasteiger partial charge >= 0.3 is 0 Å². The number of carbonyl (C=O) groups is 1. The third-order valence-corrected chi connectivity index (χ3v) is 3.78. The Kier molecular flexibility index (Phi) is 6.31. The van der Waals surface area contributed by atoms with Crippen LogP contribution in [0.3, 0.4) is 0 Å². The zero-order chi connectivity index (χ0) is 20.6. The highest BCUT2D eigenvalue weighted by molar-refractivity contribution is 5.92. The third kappa shape index (κ3) is 5.48. The van der Waals surface area contributed by atoms with Gasteiger partial charge in [0.15, 0.2) is 0 Å². The SMILES string of the molecule is CON=Cc1c(N)ncnc1Oc1ccc(CC(=O)Nc2cccc(F)c2)cc1. The van der Waals surface area contributed by atoms with Gasteiger partial charge in [0.1, 0.15) is 36.4 Å². The largest absolute Gasteiger partial charge is 0.438 e. The number of nitrogens with one attached hydrogen (secondary N) is 1. The van der Waals surface area contributed by atoms with Gasteiger partial charge in [-0.2, -0.15) is 0 Å². The summed E-state index contributed by atoms with van der Waals surface area (Å²) in [5.74, 6) is 0.233. The first-order valence-corrected chi connectivity index (χ1v) is 8.54. The van der Waals surface area contributed by atoms with Gasteiger partial charge in [-0.1, -0.05) is 23.4 Å². The van der Waals surface area contributed by atoms with Crippen molar-refractivity contribution < 1.29 is 18.8 Å². The normalized spacial score (nSPS) is 10.7. The van der Waals surface area contributed by atoms with Gasteiger partial charge in [-0.25, -0.2) is 14.4 Å². The van der Waals surface area contributed by atoms with Crippen molar-refractivity contribution in [1.82, 2.24) is 9.97 Å². The Balaban J connectivity index is 1.66. The first-order chi connectivity index (χ1) is 14.0. The molecular weight excluding hydrogens is 377 g/mol. The lowest BCUT2D eigenvalue weighted by Crippen LogP contribution is -2.14. The number of anilines is 2. The minimum absolute atomic E-state index is 0.128. The van der Waals surface area contributed by atoms with E-state index in [0.717, 1.165) is 5.56 Å². The number of aromatic nitrogens is 2. The Morgan fingerprint density at radius 3 is 2.76 bits per heavy atom. The minimum atomic E-state index is -0.412. The first kappa shape index (κ1) is 19.7. The average molecular weight is 395 g/mol. The lowest BCUT2D eigenvalue weighted by Gasteiger charge is -2.09. The van der Waals surface area contributed by atoms with Crippen LogP contribution in [-0.4, -0.2) is 29.2 Å². The van der Waals surface area contributed by atoms with Gasteiger partial charge in [0, 0.05) is 5.69 Å². The predicted molar refractivity (Wildman–Crippen MR) is 106 cm³/mol. The number of amides is 1. The number of benzene rings is 2. The molecule has 0 unspecified atom stereocenters. The fourth-order valence-electron chi connectivity index (χ4n) is 2.44. The van der Waals surface area contributed by atoms with Crippen molar-refractivity contribution in [2.45, 2.75) is 6.42 Å². The lowest BCUT2D eigenvalue weighted by atomic mass is 10.1. The fourth-order valence-corrected chi connectivity index (χ4v) is 2.44. The smallest absolute Gasteiger partial charge is 0.233 e. The van der Waals surface area contributed by atoms with Gasteiger partial charge in [-0.05, 0) is 35.9 Å². The summed E-state index contributed by atoms with van der Waals surface area (Å²) >= 11 is 0. The molecule has 0 atom stereocenters. The van der Waals surface area contributed by atoms with Crippen molar-refractivity contribution >= 4 is 23.6 Å². The summed E-state index contributed by atoms with van der Waals surface area (Å²) in [6.07, 6.45) is 2.76. The van der Waals surface area contributed by atoms with E-state index in [1.54, 1.807) is 30.3 Å². The van der Waals surface area contributed by atoms with Crippen molar-refractivity contribution in [3.8, 4) is 11.6 Å². The molecule has 0 bridgehead atoms. The summed E-state index contributed by atoms with van der Waals surface area (Å²) in [4.78, 5) is 24.7. The highest BCUT2D eigenvalue weighted by Gasteiger charge is 2.11. The van der Waals surface area contributed by atoms with Gasteiger partial charge < -0.3 is 20.6 Å². The molecule has 1 amide bonds. The maximum Gasteiger partial charge on any atom is 0.233 e.